The zero-order valence-electron chi connectivity index (χ0n) is 10.0. The van der Waals surface area contributed by atoms with Gasteiger partial charge in [-0.1, -0.05) is 0 Å². The number of rotatable bonds is 5. The Morgan fingerprint density at radius 1 is 1.33 bits per heavy atom. The SMILES string of the molecule is NC(CCN(C(=O)O)N1CCC(O)CC1)C(=O)O. The van der Waals surface area contributed by atoms with Crippen molar-refractivity contribution in [1.82, 2.24) is 10.0 Å². The standard InChI is InChI=1S/C10H19N3O5/c11-8(9(15)16)3-6-13(10(17)18)12-4-1-7(14)2-5-12/h7-8,14H,1-6,11H2,(H,15,16)(H,17,18). The van der Waals surface area contributed by atoms with Gasteiger partial charge in [0, 0.05) is 19.6 Å². The van der Waals surface area contributed by atoms with Crippen LogP contribution in [0.2, 0.25) is 0 Å². The molecule has 1 heterocycles. The van der Waals surface area contributed by atoms with Crippen LogP contribution in [0.25, 0.3) is 0 Å². The predicted octanol–water partition coefficient (Wildman–Crippen LogP) is -0.860. The zero-order valence-corrected chi connectivity index (χ0v) is 10.0. The van der Waals surface area contributed by atoms with Crippen molar-refractivity contribution in [3.8, 4) is 0 Å². The van der Waals surface area contributed by atoms with Gasteiger partial charge in [-0.25, -0.2) is 14.8 Å². The van der Waals surface area contributed by atoms with Crippen molar-refractivity contribution < 1.29 is 24.9 Å². The van der Waals surface area contributed by atoms with Gasteiger partial charge in [-0.15, -0.1) is 0 Å². The van der Waals surface area contributed by atoms with Gasteiger partial charge in [0.1, 0.15) is 6.04 Å². The van der Waals surface area contributed by atoms with E-state index in [0.29, 0.717) is 25.9 Å². The summed E-state index contributed by atoms with van der Waals surface area (Å²) in [6, 6.07) is -1.07. The number of nitrogens with zero attached hydrogens (tertiary/aromatic N) is 2. The van der Waals surface area contributed by atoms with Crippen molar-refractivity contribution >= 4 is 12.1 Å². The number of hydrogen-bond donors (Lipinski definition) is 4. The molecular formula is C10H19N3O5. The maximum absolute atomic E-state index is 11.1. The summed E-state index contributed by atoms with van der Waals surface area (Å²) in [5.74, 6) is -1.14. The van der Waals surface area contributed by atoms with Gasteiger partial charge in [0.15, 0.2) is 0 Å². The molecule has 0 spiro atoms. The topological polar surface area (TPSA) is 127 Å². The van der Waals surface area contributed by atoms with Crippen molar-refractivity contribution in [3.63, 3.8) is 0 Å². The number of carbonyl (C=O) groups is 2. The average molecular weight is 261 g/mol. The molecule has 1 unspecified atom stereocenters. The van der Waals surface area contributed by atoms with Crippen molar-refractivity contribution in [2.45, 2.75) is 31.4 Å². The van der Waals surface area contributed by atoms with Crippen LogP contribution in [0, 0.1) is 0 Å². The molecule has 0 aromatic heterocycles. The van der Waals surface area contributed by atoms with Gasteiger partial charge in [0.05, 0.1) is 6.10 Å². The molecule has 1 aliphatic heterocycles. The lowest BCUT2D eigenvalue weighted by molar-refractivity contribution is -0.139. The highest BCUT2D eigenvalue weighted by Gasteiger charge is 2.26. The number of aliphatic hydroxyl groups is 1. The lowest BCUT2D eigenvalue weighted by Gasteiger charge is -2.37. The van der Waals surface area contributed by atoms with Crippen molar-refractivity contribution in [2.24, 2.45) is 5.73 Å². The molecular weight excluding hydrogens is 242 g/mol. The number of aliphatic hydroxyl groups excluding tert-OH is 1. The molecule has 0 radical (unpaired) electrons. The highest BCUT2D eigenvalue weighted by molar-refractivity contribution is 5.73. The number of aliphatic carboxylic acids is 1. The summed E-state index contributed by atoms with van der Waals surface area (Å²) in [7, 11) is 0. The van der Waals surface area contributed by atoms with Crippen LogP contribution in [0.1, 0.15) is 19.3 Å². The second-order valence-electron chi connectivity index (χ2n) is 4.32. The second kappa shape index (κ2) is 6.53. The fourth-order valence-electron chi connectivity index (χ4n) is 1.84. The number of amides is 1. The summed E-state index contributed by atoms with van der Waals surface area (Å²) in [4.78, 5) is 21.7. The lowest BCUT2D eigenvalue weighted by Crippen LogP contribution is -2.51. The largest absolute Gasteiger partial charge is 0.480 e. The van der Waals surface area contributed by atoms with E-state index in [2.05, 4.69) is 0 Å². The fourth-order valence-corrected chi connectivity index (χ4v) is 1.84. The molecule has 8 heteroatoms. The van der Waals surface area contributed by atoms with Crippen LogP contribution in [0.3, 0.4) is 0 Å². The molecule has 1 saturated heterocycles. The van der Waals surface area contributed by atoms with E-state index in [1.165, 1.54) is 0 Å². The quantitative estimate of drug-likeness (QED) is 0.507. The number of nitrogens with two attached hydrogens (primary N) is 1. The van der Waals surface area contributed by atoms with Gasteiger partial charge in [0.2, 0.25) is 0 Å². The molecule has 0 aromatic rings. The Bertz CT molecular complexity index is 304. The summed E-state index contributed by atoms with van der Waals surface area (Å²) in [5, 5.41) is 29.7. The molecule has 104 valence electrons. The Morgan fingerprint density at radius 2 is 1.89 bits per heavy atom. The second-order valence-corrected chi connectivity index (χ2v) is 4.32. The summed E-state index contributed by atoms with van der Waals surface area (Å²) >= 11 is 0. The van der Waals surface area contributed by atoms with Crippen molar-refractivity contribution in [3.05, 3.63) is 0 Å². The first-order valence-electron chi connectivity index (χ1n) is 5.83. The third-order valence-corrected chi connectivity index (χ3v) is 2.97. The maximum Gasteiger partial charge on any atom is 0.421 e. The maximum atomic E-state index is 11.1. The average Bonchev–Trinajstić information content (AvgIpc) is 2.30. The molecule has 0 saturated carbocycles. The van der Waals surface area contributed by atoms with Gasteiger partial charge in [-0.3, -0.25) is 4.79 Å². The van der Waals surface area contributed by atoms with Crippen LogP contribution in [-0.2, 0) is 4.79 Å². The Labute approximate surface area is 105 Å². The van der Waals surface area contributed by atoms with Gasteiger partial charge in [-0.05, 0) is 19.3 Å². The number of carboxylic acid groups (broad SMARTS) is 2. The Kier molecular flexibility index (Phi) is 5.32. The van der Waals surface area contributed by atoms with Gasteiger partial charge in [0.25, 0.3) is 0 Å². The Hall–Kier alpha value is -1.38. The fraction of sp³-hybridized carbons (Fsp3) is 0.800. The summed E-state index contributed by atoms with van der Waals surface area (Å²) in [6.45, 7) is 0.921. The van der Waals surface area contributed by atoms with E-state index in [9.17, 15) is 14.7 Å². The smallest absolute Gasteiger partial charge is 0.421 e. The molecule has 0 aliphatic carbocycles. The van der Waals surface area contributed by atoms with Crippen LogP contribution in [0.5, 0.6) is 0 Å². The summed E-state index contributed by atoms with van der Waals surface area (Å²) in [6.07, 6.45) is -0.452. The Balaban J connectivity index is 2.50. The molecule has 1 aliphatic rings. The van der Waals surface area contributed by atoms with E-state index in [1.807, 2.05) is 0 Å². The summed E-state index contributed by atoms with van der Waals surface area (Å²) in [5.41, 5.74) is 5.34. The van der Waals surface area contributed by atoms with E-state index in [-0.39, 0.29) is 13.0 Å². The first kappa shape index (κ1) is 14.7. The first-order valence-corrected chi connectivity index (χ1v) is 5.83. The van der Waals surface area contributed by atoms with Crippen molar-refractivity contribution in [1.29, 1.82) is 0 Å². The van der Waals surface area contributed by atoms with Gasteiger partial charge in [-0.2, -0.15) is 0 Å². The van der Waals surface area contributed by atoms with E-state index in [1.54, 1.807) is 5.01 Å². The lowest BCUT2D eigenvalue weighted by atomic mass is 10.1. The van der Waals surface area contributed by atoms with Crippen LogP contribution in [-0.4, -0.2) is 69.2 Å². The number of hydrazine groups is 1. The highest BCUT2D eigenvalue weighted by atomic mass is 16.4. The first-order chi connectivity index (χ1) is 8.41. The summed E-state index contributed by atoms with van der Waals surface area (Å²) < 4.78 is 0. The number of piperidine rings is 1. The molecule has 1 rings (SSSR count). The molecule has 1 atom stereocenters. The van der Waals surface area contributed by atoms with E-state index in [4.69, 9.17) is 15.9 Å². The minimum atomic E-state index is -1.14. The number of carboxylic acids is 1. The molecule has 0 aromatic carbocycles. The Morgan fingerprint density at radius 3 is 2.33 bits per heavy atom. The van der Waals surface area contributed by atoms with Gasteiger partial charge >= 0.3 is 12.1 Å². The van der Waals surface area contributed by atoms with Crippen LogP contribution < -0.4 is 5.73 Å². The minimum Gasteiger partial charge on any atom is -0.480 e. The predicted molar refractivity (Wildman–Crippen MR) is 61.8 cm³/mol. The van der Waals surface area contributed by atoms with Gasteiger partial charge < -0.3 is 21.1 Å². The third kappa shape index (κ3) is 4.13. The highest BCUT2D eigenvalue weighted by Crippen LogP contribution is 2.13. The minimum absolute atomic E-state index is 0.0406. The molecule has 1 amide bonds. The molecule has 18 heavy (non-hydrogen) atoms. The molecule has 5 N–H and O–H groups in total. The van der Waals surface area contributed by atoms with Crippen LogP contribution in [0.4, 0.5) is 4.79 Å². The van der Waals surface area contributed by atoms with Crippen LogP contribution >= 0.6 is 0 Å². The molecule has 8 nitrogen and oxygen atoms in total. The molecule has 1 fully saturated rings. The normalized spacial score (nSPS) is 19.4. The monoisotopic (exact) mass is 261 g/mol. The van der Waals surface area contributed by atoms with Crippen LogP contribution in [0.15, 0.2) is 0 Å². The zero-order chi connectivity index (χ0) is 13.7. The van der Waals surface area contributed by atoms with E-state index >= 15 is 0 Å². The van der Waals surface area contributed by atoms with E-state index < -0.39 is 24.2 Å². The van der Waals surface area contributed by atoms with Crippen molar-refractivity contribution in [2.75, 3.05) is 19.6 Å². The third-order valence-electron chi connectivity index (χ3n) is 2.97. The molecule has 0 bridgehead atoms. The van der Waals surface area contributed by atoms with E-state index in [0.717, 1.165) is 5.01 Å². The number of hydrogen-bond acceptors (Lipinski definition) is 5.